The molecule has 2 heterocycles. The summed E-state index contributed by atoms with van der Waals surface area (Å²) in [4.78, 5) is 4.18. The maximum atomic E-state index is 5.75. The van der Waals surface area contributed by atoms with Crippen molar-refractivity contribution in [2.24, 2.45) is 0 Å². The van der Waals surface area contributed by atoms with Crippen molar-refractivity contribution in [2.45, 2.75) is 43.0 Å². The van der Waals surface area contributed by atoms with Crippen LogP contribution < -0.4 is 5.73 Å². The normalized spacial score (nSPS) is 17.4. The first kappa shape index (κ1) is 11.7. The van der Waals surface area contributed by atoms with Crippen molar-refractivity contribution in [3.8, 4) is 0 Å². The van der Waals surface area contributed by atoms with E-state index in [1.165, 1.54) is 43.9 Å². The zero-order valence-electron chi connectivity index (χ0n) is 10.3. The summed E-state index contributed by atoms with van der Waals surface area (Å²) in [5.41, 5.74) is 6.47. The molecule has 2 aromatic heterocycles. The molecule has 0 bridgehead atoms. The minimum absolute atomic E-state index is 0.281. The highest BCUT2D eigenvalue weighted by Crippen LogP contribution is 2.32. The number of nitrogen functional groups attached to an aromatic ring is 1. The predicted octanol–water partition coefficient (Wildman–Crippen LogP) is 1.87. The van der Waals surface area contributed by atoms with Gasteiger partial charge >= 0.3 is 0 Å². The molecular formula is C11H16N6S. The maximum Gasteiger partial charge on any atom is 0.239 e. The van der Waals surface area contributed by atoms with E-state index < -0.39 is 0 Å². The summed E-state index contributed by atoms with van der Waals surface area (Å²) in [7, 11) is 0. The van der Waals surface area contributed by atoms with E-state index in [-0.39, 0.29) is 5.95 Å². The molecule has 3 rings (SSSR count). The lowest BCUT2D eigenvalue weighted by atomic mass is 9.89. The number of hydrogen-bond acceptors (Lipinski definition) is 6. The Kier molecular flexibility index (Phi) is 3.07. The summed E-state index contributed by atoms with van der Waals surface area (Å²) in [6.45, 7) is 0. The second-order valence-electron chi connectivity index (χ2n) is 4.61. The number of hydrogen-bond donors (Lipinski definition) is 1. The SMILES string of the molecule is CSc1nc(N)nn2c(C3CCCCC3)nnc12. The van der Waals surface area contributed by atoms with Crippen LogP contribution in [0.25, 0.3) is 5.65 Å². The van der Waals surface area contributed by atoms with Gasteiger partial charge in [-0.2, -0.15) is 4.52 Å². The van der Waals surface area contributed by atoms with Gasteiger partial charge in [0.2, 0.25) is 11.6 Å². The van der Waals surface area contributed by atoms with E-state index in [4.69, 9.17) is 5.73 Å². The number of anilines is 1. The van der Waals surface area contributed by atoms with Gasteiger partial charge in [0, 0.05) is 5.92 Å². The molecule has 1 fully saturated rings. The van der Waals surface area contributed by atoms with Crippen LogP contribution in [0.4, 0.5) is 5.95 Å². The molecule has 1 aliphatic rings. The highest BCUT2D eigenvalue weighted by Gasteiger charge is 2.23. The van der Waals surface area contributed by atoms with Crippen LogP contribution in [0.15, 0.2) is 5.03 Å². The molecule has 0 aliphatic heterocycles. The summed E-state index contributed by atoms with van der Waals surface area (Å²) in [6.07, 6.45) is 8.13. The minimum Gasteiger partial charge on any atom is -0.367 e. The first-order valence-corrected chi connectivity index (χ1v) is 7.45. The topological polar surface area (TPSA) is 82.0 Å². The van der Waals surface area contributed by atoms with Crippen LogP contribution in [0, 0.1) is 0 Å². The molecule has 0 aromatic carbocycles. The Balaban J connectivity index is 2.10. The largest absolute Gasteiger partial charge is 0.367 e. The molecular weight excluding hydrogens is 248 g/mol. The molecule has 18 heavy (non-hydrogen) atoms. The average molecular weight is 264 g/mol. The van der Waals surface area contributed by atoms with E-state index in [0.29, 0.717) is 5.92 Å². The Bertz CT molecular complexity index is 560. The van der Waals surface area contributed by atoms with Gasteiger partial charge in [-0.3, -0.25) is 0 Å². The van der Waals surface area contributed by atoms with E-state index >= 15 is 0 Å². The van der Waals surface area contributed by atoms with Crippen molar-refractivity contribution in [3.63, 3.8) is 0 Å². The number of fused-ring (bicyclic) bond motifs is 1. The summed E-state index contributed by atoms with van der Waals surface area (Å²) in [5.74, 6) is 1.68. The lowest BCUT2D eigenvalue weighted by Gasteiger charge is -2.19. The molecule has 7 heteroatoms. The Morgan fingerprint density at radius 2 is 2.00 bits per heavy atom. The summed E-state index contributed by atoms with van der Waals surface area (Å²) >= 11 is 1.52. The van der Waals surface area contributed by atoms with E-state index in [2.05, 4.69) is 20.3 Å². The van der Waals surface area contributed by atoms with Crippen LogP contribution in [-0.4, -0.2) is 31.1 Å². The zero-order valence-corrected chi connectivity index (χ0v) is 11.2. The quantitative estimate of drug-likeness (QED) is 0.834. The number of nitrogens with zero attached hydrogens (tertiary/aromatic N) is 5. The molecule has 0 radical (unpaired) electrons. The summed E-state index contributed by atoms with van der Waals surface area (Å²) in [6, 6.07) is 0. The van der Waals surface area contributed by atoms with Crippen molar-refractivity contribution in [1.29, 1.82) is 0 Å². The van der Waals surface area contributed by atoms with Gasteiger partial charge in [0.1, 0.15) is 5.03 Å². The first-order chi connectivity index (χ1) is 8.79. The molecule has 0 amide bonds. The second-order valence-corrected chi connectivity index (χ2v) is 5.40. The monoisotopic (exact) mass is 264 g/mol. The molecule has 96 valence electrons. The third-order valence-electron chi connectivity index (χ3n) is 3.44. The fourth-order valence-electron chi connectivity index (χ4n) is 2.55. The van der Waals surface area contributed by atoms with Crippen LogP contribution in [0.5, 0.6) is 0 Å². The highest BCUT2D eigenvalue weighted by atomic mass is 32.2. The Morgan fingerprint density at radius 3 is 2.72 bits per heavy atom. The van der Waals surface area contributed by atoms with Gasteiger partial charge in [0.05, 0.1) is 0 Å². The zero-order chi connectivity index (χ0) is 12.5. The molecule has 2 aromatic rings. The van der Waals surface area contributed by atoms with Crippen LogP contribution in [-0.2, 0) is 0 Å². The fraction of sp³-hybridized carbons (Fsp3) is 0.636. The van der Waals surface area contributed by atoms with Crippen molar-refractivity contribution in [1.82, 2.24) is 24.8 Å². The van der Waals surface area contributed by atoms with Crippen molar-refractivity contribution >= 4 is 23.4 Å². The average Bonchev–Trinajstić information content (AvgIpc) is 2.82. The summed E-state index contributed by atoms with van der Waals surface area (Å²) in [5, 5.41) is 13.6. The standard InChI is InChI=1S/C11H16N6S/c1-18-10-9-15-14-8(7-5-3-2-4-6-7)17(9)16-11(12)13-10/h7H,2-6H2,1H3,(H2,12,16). The van der Waals surface area contributed by atoms with E-state index in [0.717, 1.165) is 16.5 Å². The van der Waals surface area contributed by atoms with Gasteiger partial charge in [-0.25, -0.2) is 4.98 Å². The third-order valence-corrected chi connectivity index (χ3v) is 4.10. The fourth-order valence-corrected chi connectivity index (χ4v) is 3.05. The van der Waals surface area contributed by atoms with Gasteiger partial charge in [-0.15, -0.1) is 27.1 Å². The second kappa shape index (κ2) is 4.72. The smallest absolute Gasteiger partial charge is 0.239 e. The van der Waals surface area contributed by atoms with Crippen LogP contribution in [0.3, 0.4) is 0 Å². The van der Waals surface area contributed by atoms with Crippen LogP contribution >= 0.6 is 11.8 Å². The highest BCUT2D eigenvalue weighted by molar-refractivity contribution is 7.98. The predicted molar refractivity (Wildman–Crippen MR) is 70.6 cm³/mol. The van der Waals surface area contributed by atoms with Gasteiger partial charge in [0.25, 0.3) is 0 Å². The number of thioether (sulfide) groups is 1. The van der Waals surface area contributed by atoms with E-state index in [1.807, 2.05) is 6.26 Å². The lowest BCUT2D eigenvalue weighted by Crippen LogP contribution is -2.12. The molecule has 0 unspecified atom stereocenters. The van der Waals surface area contributed by atoms with Gasteiger partial charge in [-0.1, -0.05) is 19.3 Å². The maximum absolute atomic E-state index is 5.75. The molecule has 1 aliphatic carbocycles. The molecule has 0 saturated heterocycles. The van der Waals surface area contributed by atoms with E-state index in [9.17, 15) is 0 Å². The van der Waals surface area contributed by atoms with Crippen molar-refractivity contribution in [2.75, 3.05) is 12.0 Å². The van der Waals surface area contributed by atoms with Crippen LogP contribution in [0.1, 0.15) is 43.8 Å². The molecule has 6 nitrogen and oxygen atoms in total. The van der Waals surface area contributed by atoms with Crippen molar-refractivity contribution in [3.05, 3.63) is 5.82 Å². The van der Waals surface area contributed by atoms with Gasteiger partial charge in [0.15, 0.2) is 5.82 Å². The minimum atomic E-state index is 0.281. The molecule has 0 spiro atoms. The molecule has 0 atom stereocenters. The lowest BCUT2D eigenvalue weighted by molar-refractivity contribution is 0.422. The Hall–Kier alpha value is -1.37. The Labute approximate surface area is 109 Å². The number of nitrogens with two attached hydrogens (primary N) is 1. The molecule has 1 saturated carbocycles. The van der Waals surface area contributed by atoms with E-state index in [1.54, 1.807) is 4.52 Å². The van der Waals surface area contributed by atoms with Gasteiger partial charge in [-0.05, 0) is 19.1 Å². The molecule has 2 N–H and O–H groups in total. The Morgan fingerprint density at radius 1 is 1.22 bits per heavy atom. The third kappa shape index (κ3) is 1.92. The van der Waals surface area contributed by atoms with Crippen molar-refractivity contribution < 1.29 is 0 Å². The first-order valence-electron chi connectivity index (χ1n) is 6.22. The van der Waals surface area contributed by atoms with Crippen LogP contribution in [0.2, 0.25) is 0 Å². The summed E-state index contributed by atoms with van der Waals surface area (Å²) < 4.78 is 1.78. The van der Waals surface area contributed by atoms with Gasteiger partial charge < -0.3 is 5.73 Å². The number of rotatable bonds is 2. The number of aromatic nitrogens is 5.